The Morgan fingerprint density at radius 2 is 1.41 bits per heavy atom. The van der Waals surface area contributed by atoms with E-state index < -0.39 is 156 Å². The second-order valence-electron chi connectivity index (χ2n) is 15.1. The van der Waals surface area contributed by atoms with Crippen molar-refractivity contribution in [2.45, 2.75) is 92.9 Å². The van der Waals surface area contributed by atoms with Crippen molar-refractivity contribution >= 4 is 23.0 Å². The first-order chi connectivity index (χ1) is 30.4. The Hall–Kier alpha value is -5.80. The molecule has 3 aliphatic rings. The fourth-order valence-corrected chi connectivity index (χ4v) is 7.13. The maximum absolute atomic E-state index is 14.3. The Morgan fingerprint density at radius 3 is 2.09 bits per heavy atom. The average Bonchev–Trinajstić information content (AvgIpc) is 3.26. The van der Waals surface area contributed by atoms with Gasteiger partial charge in [0.1, 0.15) is 71.3 Å². The molecule has 346 valence electrons. The highest BCUT2D eigenvalue weighted by Crippen LogP contribution is 2.40. The molecule has 4 aromatic rings. The summed E-state index contributed by atoms with van der Waals surface area (Å²) in [6.45, 7) is -0.0366. The lowest BCUT2D eigenvalue weighted by molar-refractivity contribution is -0.345. The van der Waals surface area contributed by atoms with E-state index >= 15 is 0 Å². The maximum atomic E-state index is 14.3. The third-order valence-corrected chi connectivity index (χ3v) is 10.6. The second-order valence-corrected chi connectivity index (χ2v) is 15.1. The first kappa shape index (κ1) is 46.2. The number of ether oxygens (including phenoxy) is 7. The Balaban J connectivity index is 1.16. The van der Waals surface area contributed by atoms with E-state index in [2.05, 4.69) is 0 Å². The van der Waals surface area contributed by atoms with Crippen LogP contribution in [0.5, 0.6) is 40.2 Å². The van der Waals surface area contributed by atoms with Gasteiger partial charge in [-0.3, -0.25) is 4.79 Å². The minimum absolute atomic E-state index is 0.127. The van der Waals surface area contributed by atoms with Crippen LogP contribution in [0.1, 0.15) is 12.5 Å². The summed E-state index contributed by atoms with van der Waals surface area (Å²) in [5.74, 6) is -5.48. The summed E-state index contributed by atoms with van der Waals surface area (Å²) in [6, 6.07) is 8.91. The number of phenols is 5. The molecular weight excluding hydrogens is 860 g/mol. The summed E-state index contributed by atoms with van der Waals surface area (Å²) in [7, 11) is 0. The number of aliphatic hydroxyl groups excluding tert-OH is 8. The van der Waals surface area contributed by atoms with Crippen LogP contribution in [-0.2, 0) is 28.5 Å². The van der Waals surface area contributed by atoms with Crippen molar-refractivity contribution in [3.63, 3.8) is 0 Å². The van der Waals surface area contributed by atoms with Crippen LogP contribution in [0.15, 0.2) is 63.8 Å². The molecule has 0 spiro atoms. The number of hydrogen-bond donors (Lipinski definition) is 13. The summed E-state index contributed by atoms with van der Waals surface area (Å²) in [5.41, 5.74) is -1.36. The molecular formula is C41H44O23. The molecule has 4 heterocycles. The molecule has 3 aliphatic heterocycles. The fourth-order valence-electron chi connectivity index (χ4n) is 7.13. The summed E-state index contributed by atoms with van der Waals surface area (Å²) >= 11 is 0. The predicted molar refractivity (Wildman–Crippen MR) is 210 cm³/mol. The molecule has 14 atom stereocenters. The van der Waals surface area contributed by atoms with Crippen molar-refractivity contribution in [2.75, 3.05) is 13.2 Å². The van der Waals surface area contributed by atoms with Gasteiger partial charge in [0.05, 0.1) is 19.3 Å². The minimum atomic E-state index is -2.00. The van der Waals surface area contributed by atoms with E-state index in [1.165, 1.54) is 37.3 Å². The van der Waals surface area contributed by atoms with Gasteiger partial charge in [-0.2, -0.15) is 0 Å². The third-order valence-electron chi connectivity index (χ3n) is 10.6. The monoisotopic (exact) mass is 904 g/mol. The highest BCUT2D eigenvalue weighted by atomic mass is 16.8. The highest BCUT2D eigenvalue weighted by Gasteiger charge is 2.50. The van der Waals surface area contributed by atoms with Gasteiger partial charge in [0.25, 0.3) is 0 Å². The molecule has 3 fully saturated rings. The largest absolute Gasteiger partial charge is 0.507 e. The molecule has 23 heteroatoms. The van der Waals surface area contributed by atoms with E-state index in [4.69, 9.17) is 37.6 Å². The molecule has 1 aromatic heterocycles. The maximum Gasteiger partial charge on any atom is 0.331 e. The van der Waals surface area contributed by atoms with E-state index in [0.29, 0.717) is 5.56 Å². The van der Waals surface area contributed by atoms with Crippen LogP contribution in [0.25, 0.3) is 28.4 Å². The van der Waals surface area contributed by atoms with Gasteiger partial charge >= 0.3 is 5.97 Å². The van der Waals surface area contributed by atoms with Crippen LogP contribution in [0.3, 0.4) is 0 Å². The standard InChI is InChI=1S/C41H44O23/c1-14-35(62-26(49)7-3-15-2-5-18(43)20(45)8-15)32(54)34(56)39(58-14)64-38-28(50)23(48)13-57-41(38)63-37-30(52)27-22(47)10-17(59-40-33(55)31(53)29(51)25(12-42)61-40)11-24(27)60-36(37)16-4-6-19(44)21(46)9-16/h2-11,14,23,25,28-29,31-35,38-48,50-51,53-56H,12-13H2,1H3/b7-3+/t14-,23-,25-,28-,29+,31-,32-,33-,34-,35-,38+,39-,40+,41-/m0/s1. The molecule has 13 N–H and O–H groups in total. The molecule has 0 saturated carbocycles. The van der Waals surface area contributed by atoms with Crippen molar-refractivity contribution < 1.29 is 109 Å². The quantitative estimate of drug-likeness (QED) is 0.0444. The van der Waals surface area contributed by atoms with E-state index in [1.54, 1.807) is 0 Å². The van der Waals surface area contributed by atoms with Crippen LogP contribution < -0.4 is 14.9 Å². The number of fused-ring (bicyclic) bond motifs is 1. The first-order valence-corrected chi connectivity index (χ1v) is 19.4. The van der Waals surface area contributed by atoms with Gasteiger partial charge in [0.15, 0.2) is 47.3 Å². The molecule has 0 aliphatic carbocycles. The van der Waals surface area contributed by atoms with Crippen molar-refractivity contribution in [1.82, 2.24) is 0 Å². The number of esters is 1. The van der Waals surface area contributed by atoms with Gasteiger partial charge < -0.3 is 104 Å². The minimum Gasteiger partial charge on any atom is -0.507 e. The third kappa shape index (κ3) is 9.23. The molecule has 3 aromatic carbocycles. The molecule has 3 saturated heterocycles. The number of aliphatic hydroxyl groups is 8. The number of carbonyl (C=O) groups is 1. The van der Waals surface area contributed by atoms with Crippen molar-refractivity contribution in [3.8, 4) is 51.6 Å². The number of rotatable bonds is 11. The lowest BCUT2D eigenvalue weighted by Crippen LogP contribution is -2.63. The molecule has 0 unspecified atom stereocenters. The predicted octanol–water partition coefficient (Wildman–Crippen LogP) is -1.90. The van der Waals surface area contributed by atoms with Crippen molar-refractivity contribution in [3.05, 3.63) is 70.4 Å². The SMILES string of the molecule is C[C@@H]1O[C@@H](O[C@H]2[C@H](Oc3c(-c4ccc(O)c(O)c4)oc4cc(O[C@@H]5O[C@@H](CO)[C@@H](O)[C@H](O)[C@@H]5O)cc(O)c4c3=O)OC[C@H](O)[C@@H]2O)[C@@H](O)[C@H](O)[C@H]1OC(=O)/C=C/c1ccc(O)c(O)c1. The zero-order valence-corrected chi connectivity index (χ0v) is 33.2. The van der Waals surface area contributed by atoms with E-state index in [-0.39, 0.29) is 17.1 Å². The van der Waals surface area contributed by atoms with Gasteiger partial charge in [-0.1, -0.05) is 6.07 Å². The normalized spacial score (nSPS) is 32.1. The zero-order chi connectivity index (χ0) is 46.3. The summed E-state index contributed by atoms with van der Waals surface area (Å²) < 4.78 is 45.5. The lowest BCUT2D eigenvalue weighted by atomic mass is 9.99. The Bertz CT molecular complexity index is 2420. The number of benzene rings is 3. The average molecular weight is 905 g/mol. The number of phenolic OH excluding ortho intramolecular Hbond substituents is 5. The molecule has 0 radical (unpaired) electrons. The lowest BCUT2D eigenvalue weighted by Gasteiger charge is -2.44. The highest BCUT2D eigenvalue weighted by molar-refractivity contribution is 5.89. The summed E-state index contributed by atoms with van der Waals surface area (Å²) in [6.07, 6.45) is -22.0. The van der Waals surface area contributed by atoms with Gasteiger partial charge in [-0.25, -0.2) is 4.79 Å². The summed E-state index contributed by atoms with van der Waals surface area (Å²) in [5, 5.41) is 134. The molecule has 0 bridgehead atoms. The van der Waals surface area contributed by atoms with Crippen molar-refractivity contribution in [1.29, 1.82) is 0 Å². The number of carbonyl (C=O) groups excluding carboxylic acids is 1. The molecule has 0 amide bonds. The van der Waals surface area contributed by atoms with Crippen molar-refractivity contribution in [2.24, 2.45) is 0 Å². The second kappa shape index (κ2) is 18.7. The van der Waals surface area contributed by atoms with Gasteiger partial charge in [-0.15, -0.1) is 0 Å². The van der Waals surface area contributed by atoms with E-state index in [1.807, 2.05) is 0 Å². The first-order valence-electron chi connectivity index (χ1n) is 19.4. The fraction of sp³-hybridized carbons (Fsp3) is 0.415. The van der Waals surface area contributed by atoms with E-state index in [9.17, 15) is 76.0 Å². The summed E-state index contributed by atoms with van der Waals surface area (Å²) in [4.78, 5) is 27.0. The molecule has 23 nitrogen and oxygen atoms in total. The Kier molecular flexibility index (Phi) is 13.5. The Morgan fingerprint density at radius 1 is 0.719 bits per heavy atom. The molecule has 64 heavy (non-hydrogen) atoms. The Labute approximate surface area is 359 Å². The van der Waals surface area contributed by atoms with Crippen LogP contribution in [0, 0.1) is 0 Å². The topological polar surface area (TPSA) is 375 Å². The van der Waals surface area contributed by atoms with Crippen LogP contribution >= 0.6 is 0 Å². The van der Waals surface area contributed by atoms with E-state index in [0.717, 1.165) is 30.3 Å². The smallest absolute Gasteiger partial charge is 0.331 e. The van der Waals surface area contributed by atoms with Gasteiger partial charge in [0, 0.05) is 23.8 Å². The zero-order valence-electron chi connectivity index (χ0n) is 33.2. The molecule has 7 rings (SSSR count). The van der Waals surface area contributed by atoms with Gasteiger partial charge in [-0.05, 0) is 48.9 Å². The van der Waals surface area contributed by atoms with Crippen LogP contribution in [-0.4, -0.2) is 172 Å². The number of aromatic hydroxyl groups is 5. The van der Waals surface area contributed by atoms with Gasteiger partial charge in [0.2, 0.25) is 23.8 Å². The number of hydrogen-bond acceptors (Lipinski definition) is 23. The van der Waals surface area contributed by atoms with Crippen LogP contribution in [0.2, 0.25) is 0 Å². The van der Waals surface area contributed by atoms with Crippen LogP contribution in [0.4, 0.5) is 0 Å².